The molecule has 2 aromatic rings. The number of fused-ring (bicyclic) bond motifs is 1. The van der Waals surface area contributed by atoms with E-state index in [-0.39, 0.29) is 6.10 Å². The first-order valence-electron chi connectivity index (χ1n) is 7.11. The Morgan fingerprint density at radius 3 is 2.47 bits per heavy atom. The van der Waals surface area contributed by atoms with Crippen LogP contribution in [0.25, 0.3) is 10.8 Å². The zero-order chi connectivity index (χ0) is 13.2. The second kappa shape index (κ2) is 5.64. The molecule has 19 heavy (non-hydrogen) atoms. The van der Waals surface area contributed by atoms with Crippen molar-refractivity contribution < 1.29 is 5.11 Å². The Morgan fingerprint density at radius 2 is 1.74 bits per heavy atom. The fourth-order valence-corrected chi connectivity index (χ4v) is 3.74. The van der Waals surface area contributed by atoms with Crippen molar-refractivity contribution in [1.82, 2.24) is 0 Å². The monoisotopic (exact) mass is 318 g/mol. The van der Waals surface area contributed by atoms with E-state index >= 15 is 0 Å². The van der Waals surface area contributed by atoms with Crippen LogP contribution in [0.2, 0.25) is 0 Å². The minimum absolute atomic E-state index is 0.332. The van der Waals surface area contributed by atoms with Crippen LogP contribution in [0.15, 0.2) is 40.9 Å². The highest BCUT2D eigenvalue weighted by Crippen LogP contribution is 2.36. The number of rotatable bonds is 3. The van der Waals surface area contributed by atoms with E-state index in [1.54, 1.807) is 0 Å². The van der Waals surface area contributed by atoms with Crippen LogP contribution >= 0.6 is 15.9 Å². The molecule has 2 heteroatoms. The van der Waals surface area contributed by atoms with Gasteiger partial charge in [0.1, 0.15) is 0 Å². The quantitative estimate of drug-likeness (QED) is 0.823. The van der Waals surface area contributed by atoms with Crippen LogP contribution in [0.1, 0.15) is 43.8 Å². The summed E-state index contributed by atoms with van der Waals surface area (Å²) in [6.07, 6.45) is 5.81. The summed E-state index contributed by atoms with van der Waals surface area (Å²) in [5, 5.41) is 12.9. The Balaban J connectivity index is 1.93. The van der Waals surface area contributed by atoms with Gasteiger partial charge in [-0.15, -0.1) is 0 Å². The van der Waals surface area contributed by atoms with Gasteiger partial charge in [-0.05, 0) is 34.7 Å². The van der Waals surface area contributed by atoms with Crippen molar-refractivity contribution in [2.24, 2.45) is 5.92 Å². The zero-order valence-corrected chi connectivity index (χ0v) is 12.6. The van der Waals surface area contributed by atoms with E-state index in [1.807, 2.05) is 12.1 Å². The molecule has 100 valence electrons. The highest BCUT2D eigenvalue weighted by Gasteiger charge is 2.21. The first kappa shape index (κ1) is 13.1. The predicted octanol–water partition coefficient (Wildman–Crippen LogP) is 5.22. The van der Waals surface area contributed by atoms with E-state index in [2.05, 4.69) is 40.2 Å². The first-order chi connectivity index (χ1) is 9.25. The summed E-state index contributed by atoms with van der Waals surface area (Å²) in [5.74, 6) is 0.706. The molecular formula is C17H19BrO. The zero-order valence-electron chi connectivity index (χ0n) is 11.0. The molecule has 0 radical (unpaired) electrons. The average Bonchev–Trinajstić information content (AvgIpc) is 2.92. The SMILES string of the molecule is OC(CC1CCCC1)c1ccc(Br)c2ccccc12. The maximum Gasteiger partial charge on any atom is 0.0798 e. The normalized spacial score (nSPS) is 18.0. The van der Waals surface area contributed by atoms with Crippen LogP contribution in [0.3, 0.4) is 0 Å². The Hall–Kier alpha value is -0.860. The van der Waals surface area contributed by atoms with Crippen LogP contribution < -0.4 is 0 Å². The van der Waals surface area contributed by atoms with Gasteiger partial charge in [-0.1, -0.05) is 71.9 Å². The van der Waals surface area contributed by atoms with Crippen molar-refractivity contribution in [3.05, 3.63) is 46.4 Å². The molecule has 1 atom stereocenters. The molecule has 0 saturated heterocycles. The van der Waals surface area contributed by atoms with Crippen molar-refractivity contribution in [3.63, 3.8) is 0 Å². The van der Waals surface area contributed by atoms with Crippen LogP contribution in [0.4, 0.5) is 0 Å². The minimum atomic E-state index is -0.332. The molecule has 1 fully saturated rings. The van der Waals surface area contributed by atoms with Gasteiger partial charge in [-0.3, -0.25) is 0 Å². The molecule has 0 heterocycles. The predicted molar refractivity (Wildman–Crippen MR) is 83.2 cm³/mol. The van der Waals surface area contributed by atoms with Gasteiger partial charge in [0.2, 0.25) is 0 Å². The van der Waals surface area contributed by atoms with Crippen LogP contribution in [-0.4, -0.2) is 5.11 Å². The highest BCUT2D eigenvalue weighted by atomic mass is 79.9. The van der Waals surface area contributed by atoms with E-state index < -0.39 is 0 Å². The van der Waals surface area contributed by atoms with Gasteiger partial charge in [0.15, 0.2) is 0 Å². The third-order valence-corrected chi connectivity index (χ3v) is 4.99. The Labute approximate surface area is 122 Å². The summed E-state index contributed by atoms with van der Waals surface area (Å²) in [4.78, 5) is 0. The lowest BCUT2D eigenvalue weighted by atomic mass is 9.92. The molecule has 0 bridgehead atoms. The smallest absolute Gasteiger partial charge is 0.0798 e. The summed E-state index contributed by atoms with van der Waals surface area (Å²) in [5.41, 5.74) is 1.07. The Morgan fingerprint density at radius 1 is 1.05 bits per heavy atom. The number of aliphatic hydroxyl groups is 1. The van der Waals surface area contributed by atoms with E-state index in [0.29, 0.717) is 5.92 Å². The van der Waals surface area contributed by atoms with Crippen molar-refractivity contribution in [2.45, 2.75) is 38.2 Å². The van der Waals surface area contributed by atoms with Gasteiger partial charge in [0.05, 0.1) is 6.10 Å². The molecule has 0 spiro atoms. The van der Waals surface area contributed by atoms with E-state index in [4.69, 9.17) is 0 Å². The summed E-state index contributed by atoms with van der Waals surface area (Å²) in [7, 11) is 0. The average molecular weight is 319 g/mol. The second-order valence-corrected chi connectivity index (χ2v) is 6.44. The van der Waals surface area contributed by atoms with E-state index in [0.717, 1.165) is 16.5 Å². The number of benzene rings is 2. The lowest BCUT2D eigenvalue weighted by molar-refractivity contribution is 0.146. The van der Waals surface area contributed by atoms with Crippen molar-refractivity contribution in [3.8, 4) is 0 Å². The lowest BCUT2D eigenvalue weighted by Crippen LogP contribution is -2.05. The van der Waals surface area contributed by atoms with E-state index in [1.165, 1.54) is 36.5 Å². The maximum atomic E-state index is 10.6. The van der Waals surface area contributed by atoms with Gasteiger partial charge in [0, 0.05) is 4.47 Å². The Bertz CT molecular complexity index is 572. The van der Waals surface area contributed by atoms with Gasteiger partial charge < -0.3 is 5.11 Å². The van der Waals surface area contributed by atoms with Gasteiger partial charge in [0.25, 0.3) is 0 Å². The third-order valence-electron chi connectivity index (χ3n) is 4.29. The second-order valence-electron chi connectivity index (χ2n) is 5.58. The fourth-order valence-electron chi connectivity index (χ4n) is 3.26. The van der Waals surface area contributed by atoms with Crippen molar-refractivity contribution in [2.75, 3.05) is 0 Å². The summed E-state index contributed by atoms with van der Waals surface area (Å²) < 4.78 is 1.10. The number of hydrogen-bond acceptors (Lipinski definition) is 1. The summed E-state index contributed by atoms with van der Waals surface area (Å²) >= 11 is 3.59. The standard InChI is InChI=1S/C17H19BrO/c18-16-10-9-15(13-7-3-4-8-14(13)16)17(19)11-12-5-1-2-6-12/h3-4,7-10,12,17,19H,1-2,5-6,11H2. The molecule has 2 aromatic carbocycles. The van der Waals surface area contributed by atoms with Gasteiger partial charge >= 0.3 is 0 Å². The highest BCUT2D eigenvalue weighted by molar-refractivity contribution is 9.10. The third kappa shape index (κ3) is 2.70. The molecular weight excluding hydrogens is 300 g/mol. The Kier molecular flexibility index (Phi) is 3.90. The largest absolute Gasteiger partial charge is 0.388 e. The van der Waals surface area contributed by atoms with Gasteiger partial charge in [-0.2, -0.15) is 0 Å². The van der Waals surface area contributed by atoms with Crippen LogP contribution in [-0.2, 0) is 0 Å². The molecule has 1 aliphatic carbocycles. The van der Waals surface area contributed by atoms with Gasteiger partial charge in [-0.25, -0.2) is 0 Å². The molecule has 0 amide bonds. The first-order valence-corrected chi connectivity index (χ1v) is 7.90. The summed E-state index contributed by atoms with van der Waals surface area (Å²) in [6.45, 7) is 0. The van der Waals surface area contributed by atoms with Crippen LogP contribution in [0, 0.1) is 5.92 Å². The molecule has 1 N–H and O–H groups in total. The molecule has 1 nitrogen and oxygen atoms in total. The number of halogens is 1. The molecule has 1 unspecified atom stereocenters. The number of aliphatic hydroxyl groups excluding tert-OH is 1. The molecule has 1 aliphatic rings. The molecule has 1 saturated carbocycles. The topological polar surface area (TPSA) is 20.2 Å². The van der Waals surface area contributed by atoms with Crippen molar-refractivity contribution in [1.29, 1.82) is 0 Å². The van der Waals surface area contributed by atoms with Crippen LogP contribution in [0.5, 0.6) is 0 Å². The lowest BCUT2D eigenvalue weighted by Gasteiger charge is -2.18. The molecule has 0 aromatic heterocycles. The van der Waals surface area contributed by atoms with Crippen molar-refractivity contribution >= 4 is 26.7 Å². The van der Waals surface area contributed by atoms with E-state index in [9.17, 15) is 5.11 Å². The fraction of sp³-hybridized carbons (Fsp3) is 0.412. The summed E-state index contributed by atoms with van der Waals surface area (Å²) in [6, 6.07) is 12.4. The minimum Gasteiger partial charge on any atom is -0.388 e. The molecule has 0 aliphatic heterocycles. The molecule has 3 rings (SSSR count). The number of hydrogen-bond donors (Lipinski definition) is 1. The maximum absolute atomic E-state index is 10.6.